The van der Waals surface area contributed by atoms with Crippen LogP contribution >= 0.6 is 0 Å². The molecule has 0 fully saturated rings. The quantitative estimate of drug-likeness (QED) is 0.576. The summed E-state index contributed by atoms with van der Waals surface area (Å²) in [6.07, 6.45) is 9.77. The van der Waals surface area contributed by atoms with E-state index in [1.54, 1.807) is 19.1 Å². The molecule has 25 heavy (non-hydrogen) atoms. The van der Waals surface area contributed by atoms with Gasteiger partial charge in [0, 0.05) is 11.5 Å². The second kappa shape index (κ2) is 9.10. The molecule has 0 heterocycles. The highest BCUT2D eigenvalue weighted by Gasteiger charge is 2.47. The van der Waals surface area contributed by atoms with Crippen LogP contribution in [0.2, 0.25) is 0 Å². The number of ketones is 1. The van der Waals surface area contributed by atoms with Crippen LogP contribution in [0, 0.1) is 5.92 Å². The highest BCUT2D eigenvalue weighted by Crippen LogP contribution is 2.30. The van der Waals surface area contributed by atoms with Crippen molar-refractivity contribution in [1.82, 2.24) is 0 Å². The molecule has 0 bridgehead atoms. The third-order valence-electron chi connectivity index (χ3n) is 5.08. The second-order valence-electron chi connectivity index (χ2n) is 7.24. The smallest absolute Gasteiger partial charge is 0.177 e. The zero-order valence-corrected chi connectivity index (χ0v) is 16.8. The monoisotopic (exact) mass is 370 g/mol. The highest BCUT2D eigenvalue weighted by atomic mass is 32.2. The highest BCUT2D eigenvalue weighted by molar-refractivity contribution is 7.93. The lowest BCUT2D eigenvalue weighted by molar-refractivity contribution is -0.118. The van der Waals surface area contributed by atoms with E-state index in [4.69, 9.17) is 11.5 Å². The summed E-state index contributed by atoms with van der Waals surface area (Å²) in [5.74, 6) is -0.218. The summed E-state index contributed by atoms with van der Waals surface area (Å²) in [4.78, 5) is 11.0. The SMILES string of the molecule is CCCCCC(C)C(=O)C1=CC(N)(S(=O)(=O)C(C)CCC)C(N)C=C1. The zero-order chi connectivity index (χ0) is 19.3. The molecule has 6 heteroatoms. The summed E-state index contributed by atoms with van der Waals surface area (Å²) in [5.41, 5.74) is 12.7. The van der Waals surface area contributed by atoms with Crippen LogP contribution < -0.4 is 11.5 Å². The molecule has 144 valence electrons. The van der Waals surface area contributed by atoms with Crippen molar-refractivity contribution in [3.05, 3.63) is 23.8 Å². The maximum atomic E-state index is 13.0. The van der Waals surface area contributed by atoms with Gasteiger partial charge < -0.3 is 11.5 Å². The molecule has 0 aromatic carbocycles. The molecule has 1 aliphatic carbocycles. The fraction of sp³-hybridized carbons (Fsp3) is 0.737. The zero-order valence-electron chi connectivity index (χ0n) is 16.0. The number of carbonyl (C=O) groups is 1. The normalized spacial score (nSPS) is 26.2. The Morgan fingerprint density at radius 1 is 1.20 bits per heavy atom. The van der Waals surface area contributed by atoms with Gasteiger partial charge in [-0.1, -0.05) is 58.6 Å². The van der Waals surface area contributed by atoms with Gasteiger partial charge >= 0.3 is 0 Å². The average molecular weight is 371 g/mol. The van der Waals surface area contributed by atoms with Crippen molar-refractivity contribution in [3.8, 4) is 0 Å². The minimum absolute atomic E-state index is 0.0626. The standard InChI is InChI=1S/C19H34N2O3S/c1-5-7-8-10-14(3)18(22)16-11-12-17(20)19(21,13-16)25(23,24)15(4)9-6-2/h11-15,17H,5-10,20-21H2,1-4H3. The number of sulfone groups is 1. The minimum atomic E-state index is -3.71. The fourth-order valence-electron chi connectivity index (χ4n) is 3.20. The number of carbonyl (C=O) groups excluding carboxylic acids is 1. The molecule has 1 rings (SSSR count). The first-order valence-corrected chi connectivity index (χ1v) is 10.9. The third-order valence-corrected chi connectivity index (χ3v) is 7.75. The van der Waals surface area contributed by atoms with Gasteiger partial charge in [-0.2, -0.15) is 0 Å². The fourth-order valence-corrected chi connectivity index (χ4v) is 5.19. The Hall–Kier alpha value is -0.980. The lowest BCUT2D eigenvalue weighted by Gasteiger charge is -2.35. The first-order chi connectivity index (χ1) is 11.6. The predicted octanol–water partition coefficient (Wildman–Crippen LogP) is 2.85. The van der Waals surface area contributed by atoms with Crippen LogP contribution in [0.5, 0.6) is 0 Å². The van der Waals surface area contributed by atoms with Crippen molar-refractivity contribution in [2.75, 3.05) is 0 Å². The molecule has 4 unspecified atom stereocenters. The lowest BCUT2D eigenvalue weighted by atomic mass is 9.89. The van der Waals surface area contributed by atoms with Crippen molar-refractivity contribution < 1.29 is 13.2 Å². The lowest BCUT2D eigenvalue weighted by Crippen LogP contribution is -2.61. The van der Waals surface area contributed by atoms with Gasteiger partial charge in [0.15, 0.2) is 20.5 Å². The van der Waals surface area contributed by atoms with Gasteiger partial charge in [-0.05, 0) is 25.8 Å². The molecular weight excluding hydrogens is 336 g/mol. The first kappa shape index (κ1) is 22.1. The van der Waals surface area contributed by atoms with Crippen LogP contribution in [0.1, 0.15) is 66.2 Å². The summed E-state index contributed by atoms with van der Waals surface area (Å²) in [5, 5.41) is -0.602. The summed E-state index contributed by atoms with van der Waals surface area (Å²) in [6, 6.07) is -0.858. The molecule has 4 N–H and O–H groups in total. The van der Waals surface area contributed by atoms with Crippen LogP contribution in [-0.4, -0.2) is 30.4 Å². The van der Waals surface area contributed by atoms with E-state index in [2.05, 4.69) is 6.92 Å². The Morgan fingerprint density at radius 3 is 2.40 bits per heavy atom. The van der Waals surface area contributed by atoms with E-state index in [9.17, 15) is 13.2 Å². The number of nitrogens with two attached hydrogens (primary N) is 2. The van der Waals surface area contributed by atoms with Gasteiger partial charge in [0.1, 0.15) is 0 Å². The van der Waals surface area contributed by atoms with Gasteiger partial charge in [0.25, 0.3) is 0 Å². The molecule has 0 radical (unpaired) electrons. The van der Waals surface area contributed by atoms with Gasteiger partial charge in [-0.25, -0.2) is 8.42 Å². The number of unbranched alkanes of at least 4 members (excludes halogenated alkanes) is 2. The molecule has 0 aromatic heterocycles. The predicted molar refractivity (Wildman–Crippen MR) is 104 cm³/mol. The van der Waals surface area contributed by atoms with Gasteiger partial charge in [0.2, 0.25) is 0 Å². The van der Waals surface area contributed by atoms with E-state index < -0.39 is 26.0 Å². The van der Waals surface area contributed by atoms with Crippen molar-refractivity contribution in [2.24, 2.45) is 17.4 Å². The van der Waals surface area contributed by atoms with Crippen molar-refractivity contribution >= 4 is 15.6 Å². The molecule has 1 aliphatic rings. The number of Topliss-reactive ketones (excluding diaryl/α,β-unsaturated/α-hetero) is 1. The number of hydrogen-bond acceptors (Lipinski definition) is 5. The van der Waals surface area contributed by atoms with E-state index in [0.717, 1.165) is 32.1 Å². The Bertz CT molecular complexity index is 625. The van der Waals surface area contributed by atoms with Gasteiger partial charge in [-0.3, -0.25) is 4.79 Å². The van der Waals surface area contributed by atoms with E-state index in [1.165, 1.54) is 6.08 Å². The van der Waals surface area contributed by atoms with Gasteiger partial charge in [0.05, 0.1) is 11.3 Å². The molecule has 0 saturated carbocycles. The Labute approximate surface area is 152 Å². The van der Waals surface area contributed by atoms with Crippen LogP contribution in [0.25, 0.3) is 0 Å². The molecule has 0 saturated heterocycles. The minimum Gasteiger partial charge on any atom is -0.322 e. The number of rotatable bonds is 10. The Balaban J connectivity index is 3.09. The summed E-state index contributed by atoms with van der Waals surface area (Å²) in [7, 11) is -3.71. The first-order valence-electron chi connectivity index (χ1n) is 9.34. The van der Waals surface area contributed by atoms with Crippen molar-refractivity contribution in [1.29, 1.82) is 0 Å². The van der Waals surface area contributed by atoms with E-state index in [1.807, 2.05) is 13.8 Å². The van der Waals surface area contributed by atoms with Crippen LogP contribution in [-0.2, 0) is 14.6 Å². The van der Waals surface area contributed by atoms with E-state index >= 15 is 0 Å². The van der Waals surface area contributed by atoms with Crippen LogP contribution in [0.3, 0.4) is 0 Å². The molecular formula is C19H34N2O3S. The third kappa shape index (κ3) is 4.80. The second-order valence-corrected chi connectivity index (χ2v) is 9.85. The van der Waals surface area contributed by atoms with E-state index in [-0.39, 0.29) is 11.7 Å². The van der Waals surface area contributed by atoms with Crippen molar-refractivity contribution in [3.63, 3.8) is 0 Å². The summed E-state index contributed by atoms with van der Waals surface area (Å²) < 4.78 is 25.9. The molecule has 0 spiro atoms. The molecule has 0 aromatic rings. The molecule has 5 nitrogen and oxygen atoms in total. The summed E-state index contributed by atoms with van der Waals surface area (Å²) in [6.45, 7) is 7.58. The number of hydrogen-bond donors (Lipinski definition) is 2. The Morgan fingerprint density at radius 2 is 1.84 bits per heavy atom. The maximum Gasteiger partial charge on any atom is 0.177 e. The van der Waals surface area contributed by atoms with Gasteiger partial charge in [-0.15, -0.1) is 0 Å². The topological polar surface area (TPSA) is 103 Å². The molecule has 4 atom stereocenters. The maximum absolute atomic E-state index is 13.0. The van der Waals surface area contributed by atoms with E-state index in [0.29, 0.717) is 12.0 Å². The molecule has 0 amide bonds. The largest absolute Gasteiger partial charge is 0.322 e. The summed E-state index contributed by atoms with van der Waals surface area (Å²) >= 11 is 0. The molecule has 0 aliphatic heterocycles. The number of allylic oxidation sites excluding steroid dienone is 2. The van der Waals surface area contributed by atoms with Crippen LogP contribution in [0.4, 0.5) is 0 Å². The average Bonchev–Trinajstić information content (AvgIpc) is 2.56. The Kier molecular flexibility index (Phi) is 8.03. The van der Waals surface area contributed by atoms with Crippen molar-refractivity contribution in [2.45, 2.75) is 82.4 Å². The van der Waals surface area contributed by atoms with Crippen LogP contribution in [0.15, 0.2) is 23.8 Å².